The quantitative estimate of drug-likeness (QED) is 0.761. The van der Waals surface area contributed by atoms with Gasteiger partial charge in [0.25, 0.3) is 0 Å². The third-order valence-corrected chi connectivity index (χ3v) is 6.83. The molecule has 1 aromatic rings. The minimum atomic E-state index is -4.13. The Hall–Kier alpha value is -1.38. The Labute approximate surface area is 135 Å². The highest BCUT2D eigenvalue weighted by Gasteiger charge is 2.27. The normalized spacial score (nSPS) is 13.0. The average Bonchev–Trinajstić information content (AvgIpc) is 2.39. The topological polar surface area (TPSA) is 97.4 Å². The first kappa shape index (κ1) is 18.7. The van der Waals surface area contributed by atoms with Gasteiger partial charge in [-0.25, -0.2) is 16.8 Å². The average molecular weight is 366 g/mol. The molecule has 1 aromatic carbocycles. The summed E-state index contributed by atoms with van der Waals surface area (Å²) in [6.07, 6.45) is 1.43. The van der Waals surface area contributed by atoms with Gasteiger partial charge in [0.15, 0.2) is 23.9 Å². The highest BCUT2D eigenvalue weighted by atomic mass is 35.5. The SMILES string of the molecule is Cc1ccc(CS(=O)(=O)/C(=C\NC(=O)CCl)S(C)(=O)=O)cc1. The van der Waals surface area contributed by atoms with Crippen LogP contribution in [-0.2, 0) is 30.2 Å². The molecule has 0 aliphatic rings. The van der Waals surface area contributed by atoms with Gasteiger partial charge >= 0.3 is 0 Å². The summed E-state index contributed by atoms with van der Waals surface area (Å²) in [5, 5.41) is 2.05. The number of aryl methyl sites for hydroxylation is 1. The van der Waals surface area contributed by atoms with Crippen molar-refractivity contribution in [2.24, 2.45) is 0 Å². The number of carbonyl (C=O) groups is 1. The van der Waals surface area contributed by atoms with Crippen molar-refractivity contribution < 1.29 is 21.6 Å². The summed E-state index contributed by atoms with van der Waals surface area (Å²) in [6.45, 7) is 1.85. The highest BCUT2D eigenvalue weighted by Crippen LogP contribution is 2.19. The van der Waals surface area contributed by atoms with Gasteiger partial charge in [-0.3, -0.25) is 4.79 Å². The Kier molecular flexibility index (Phi) is 6.16. The lowest BCUT2D eigenvalue weighted by molar-refractivity contribution is -0.117. The van der Waals surface area contributed by atoms with Crippen molar-refractivity contribution in [2.45, 2.75) is 12.7 Å². The van der Waals surface area contributed by atoms with E-state index in [1.165, 1.54) is 0 Å². The summed E-state index contributed by atoms with van der Waals surface area (Å²) in [5.41, 5.74) is 1.40. The number of rotatable bonds is 6. The third kappa shape index (κ3) is 5.43. The van der Waals surface area contributed by atoms with Gasteiger partial charge in [-0.2, -0.15) is 0 Å². The zero-order valence-corrected chi connectivity index (χ0v) is 14.4. The fourth-order valence-corrected chi connectivity index (χ4v) is 4.96. The van der Waals surface area contributed by atoms with E-state index in [4.69, 9.17) is 11.6 Å². The van der Waals surface area contributed by atoms with E-state index in [0.717, 1.165) is 11.8 Å². The molecular weight excluding hydrogens is 350 g/mol. The molecule has 9 heteroatoms. The summed E-state index contributed by atoms with van der Waals surface area (Å²) in [6, 6.07) is 6.65. The van der Waals surface area contributed by atoms with Crippen LogP contribution in [0.4, 0.5) is 0 Å². The second-order valence-corrected chi connectivity index (χ2v) is 9.15. The first-order valence-corrected chi connectivity index (χ1v) is 10.2. The lowest BCUT2D eigenvalue weighted by atomic mass is 10.2. The summed E-state index contributed by atoms with van der Waals surface area (Å²) in [4.78, 5) is 11.1. The van der Waals surface area contributed by atoms with Crippen LogP contribution in [0.5, 0.6) is 0 Å². The van der Waals surface area contributed by atoms with Crippen molar-refractivity contribution in [3.05, 3.63) is 45.8 Å². The van der Waals surface area contributed by atoms with Gasteiger partial charge in [-0.05, 0) is 12.5 Å². The maximum atomic E-state index is 12.3. The van der Waals surface area contributed by atoms with Gasteiger partial charge in [0.05, 0.1) is 5.75 Å². The second-order valence-electron chi connectivity index (χ2n) is 4.68. The lowest BCUT2D eigenvalue weighted by Gasteiger charge is -2.08. The Bertz CT molecular complexity index is 780. The number of hydrogen-bond donors (Lipinski definition) is 1. The maximum Gasteiger partial charge on any atom is 0.238 e. The molecule has 1 N–H and O–H groups in total. The van der Waals surface area contributed by atoms with Gasteiger partial charge in [-0.15, -0.1) is 11.6 Å². The van der Waals surface area contributed by atoms with Gasteiger partial charge in [-0.1, -0.05) is 29.8 Å². The van der Waals surface area contributed by atoms with Crippen LogP contribution in [0, 0.1) is 6.92 Å². The molecule has 0 radical (unpaired) electrons. The summed E-state index contributed by atoms with van der Waals surface area (Å²) < 4.78 is 47.1. The zero-order valence-electron chi connectivity index (χ0n) is 12.0. The number of carbonyl (C=O) groups excluding carboxylic acids is 1. The molecule has 6 nitrogen and oxygen atoms in total. The largest absolute Gasteiger partial charge is 0.330 e. The fourth-order valence-electron chi connectivity index (χ4n) is 1.58. The first-order chi connectivity index (χ1) is 10.1. The summed E-state index contributed by atoms with van der Waals surface area (Å²) in [7, 11) is -8.17. The lowest BCUT2D eigenvalue weighted by Crippen LogP contribution is -2.23. The van der Waals surface area contributed by atoms with E-state index in [-0.39, 0.29) is 0 Å². The summed E-state index contributed by atoms with van der Waals surface area (Å²) >= 11 is 5.27. The van der Waals surface area contributed by atoms with E-state index in [1.807, 2.05) is 12.2 Å². The molecular formula is C13H16ClNO5S2. The number of sulfone groups is 2. The Balaban J connectivity index is 3.17. The molecule has 0 atom stereocenters. The predicted molar refractivity (Wildman–Crippen MR) is 85.6 cm³/mol. The van der Waals surface area contributed by atoms with E-state index in [1.54, 1.807) is 24.3 Å². The molecule has 122 valence electrons. The van der Waals surface area contributed by atoms with Crippen LogP contribution in [-0.4, -0.2) is 34.9 Å². The molecule has 1 rings (SSSR count). The van der Waals surface area contributed by atoms with Crippen LogP contribution in [0.3, 0.4) is 0 Å². The number of hydrogen-bond acceptors (Lipinski definition) is 5. The van der Waals surface area contributed by atoms with Crippen LogP contribution in [0.1, 0.15) is 11.1 Å². The Morgan fingerprint density at radius 2 is 1.73 bits per heavy atom. The zero-order chi connectivity index (χ0) is 17.0. The van der Waals surface area contributed by atoms with Crippen molar-refractivity contribution in [3.63, 3.8) is 0 Å². The van der Waals surface area contributed by atoms with Crippen molar-refractivity contribution in [2.75, 3.05) is 12.1 Å². The van der Waals surface area contributed by atoms with Crippen LogP contribution in [0.15, 0.2) is 34.7 Å². The molecule has 22 heavy (non-hydrogen) atoms. The van der Waals surface area contributed by atoms with Crippen LogP contribution < -0.4 is 5.32 Å². The molecule has 0 unspecified atom stereocenters. The fraction of sp³-hybridized carbons (Fsp3) is 0.308. The number of halogens is 1. The number of alkyl halides is 1. The molecule has 0 saturated heterocycles. The standard InChI is InChI=1S/C13H16ClNO5S2/c1-10-3-5-11(6-4-10)9-22(19,20)13(21(2,17)18)8-15-12(16)7-14/h3-6,8H,7,9H2,1-2H3,(H,15,16)/b13-8-. The summed E-state index contributed by atoms with van der Waals surface area (Å²) in [5.74, 6) is -1.59. The molecule has 0 bridgehead atoms. The maximum absolute atomic E-state index is 12.3. The van der Waals surface area contributed by atoms with Crippen LogP contribution in [0.2, 0.25) is 0 Å². The number of amides is 1. The molecule has 0 aromatic heterocycles. The van der Waals surface area contributed by atoms with Gasteiger partial charge in [0.2, 0.25) is 5.91 Å². The van der Waals surface area contributed by atoms with Gasteiger partial charge < -0.3 is 5.32 Å². The predicted octanol–water partition coefficient (Wildman–Crippen LogP) is 1.11. The van der Waals surface area contributed by atoms with Crippen LogP contribution in [0.25, 0.3) is 0 Å². The Morgan fingerprint density at radius 1 is 1.18 bits per heavy atom. The van der Waals surface area contributed by atoms with Crippen molar-refractivity contribution in [1.29, 1.82) is 0 Å². The third-order valence-electron chi connectivity index (χ3n) is 2.62. The van der Waals surface area contributed by atoms with Crippen LogP contribution >= 0.6 is 11.6 Å². The molecule has 0 spiro atoms. The molecule has 0 aliphatic carbocycles. The van der Waals surface area contributed by atoms with Gasteiger partial charge in [0.1, 0.15) is 5.88 Å². The smallest absolute Gasteiger partial charge is 0.238 e. The molecule has 0 saturated carbocycles. The van der Waals surface area contributed by atoms with Crippen molar-refractivity contribution in [3.8, 4) is 0 Å². The molecule has 0 fully saturated rings. The minimum Gasteiger partial charge on any atom is -0.330 e. The number of nitrogens with one attached hydrogen (secondary N) is 1. The molecule has 1 amide bonds. The first-order valence-electron chi connectivity index (χ1n) is 6.10. The minimum absolute atomic E-state index is 0.411. The van der Waals surface area contributed by atoms with E-state index in [2.05, 4.69) is 0 Å². The molecule has 0 heterocycles. The van der Waals surface area contributed by atoms with E-state index in [0.29, 0.717) is 11.8 Å². The van der Waals surface area contributed by atoms with E-state index >= 15 is 0 Å². The highest BCUT2D eigenvalue weighted by molar-refractivity contribution is 8.13. The van der Waals surface area contributed by atoms with E-state index < -0.39 is 41.5 Å². The van der Waals surface area contributed by atoms with Gasteiger partial charge in [0, 0.05) is 12.5 Å². The van der Waals surface area contributed by atoms with E-state index in [9.17, 15) is 21.6 Å². The number of benzene rings is 1. The van der Waals surface area contributed by atoms with Crippen molar-refractivity contribution in [1.82, 2.24) is 5.32 Å². The van der Waals surface area contributed by atoms with Crippen molar-refractivity contribution >= 4 is 37.2 Å². The molecule has 0 aliphatic heterocycles. The Morgan fingerprint density at radius 3 is 2.18 bits per heavy atom. The monoisotopic (exact) mass is 365 g/mol. The second kappa shape index (κ2) is 7.26.